The lowest BCUT2D eigenvalue weighted by Gasteiger charge is -2.30. The summed E-state index contributed by atoms with van der Waals surface area (Å²) in [7, 11) is 0. The van der Waals surface area contributed by atoms with Gasteiger partial charge in [0, 0.05) is 36.1 Å². The molecule has 0 bridgehead atoms. The van der Waals surface area contributed by atoms with Crippen molar-refractivity contribution in [1.82, 2.24) is 14.5 Å². The third-order valence-electron chi connectivity index (χ3n) is 4.22. The van der Waals surface area contributed by atoms with Gasteiger partial charge >= 0.3 is 0 Å². The zero-order valence-corrected chi connectivity index (χ0v) is 11.6. The molecule has 1 unspecified atom stereocenters. The van der Waals surface area contributed by atoms with Crippen LogP contribution in [0.2, 0.25) is 0 Å². The molecule has 0 radical (unpaired) electrons. The van der Waals surface area contributed by atoms with Gasteiger partial charge < -0.3 is 10.3 Å². The fourth-order valence-electron chi connectivity index (χ4n) is 3.07. The van der Waals surface area contributed by atoms with E-state index < -0.39 is 0 Å². The van der Waals surface area contributed by atoms with E-state index in [2.05, 4.69) is 38.8 Å². The van der Waals surface area contributed by atoms with Crippen LogP contribution in [0, 0.1) is 0 Å². The molecule has 0 spiro atoms. The number of anilines is 1. The van der Waals surface area contributed by atoms with Gasteiger partial charge in [-0.1, -0.05) is 24.3 Å². The highest BCUT2D eigenvalue weighted by Gasteiger charge is 2.26. The Hall–Kier alpha value is -2.62. The minimum atomic E-state index is 0.562. The molecule has 0 fully saturated rings. The highest BCUT2D eigenvalue weighted by Crippen LogP contribution is 2.37. The fraction of sp³-hybridized carbons (Fsp3) is 0.176. The second-order valence-electron chi connectivity index (χ2n) is 5.49. The third kappa shape index (κ3) is 2.00. The van der Waals surface area contributed by atoms with Crippen LogP contribution >= 0.6 is 0 Å². The lowest BCUT2D eigenvalue weighted by atomic mass is 9.77. The van der Waals surface area contributed by atoms with Gasteiger partial charge in [0.1, 0.15) is 0 Å². The first-order valence-electron chi connectivity index (χ1n) is 7.10. The number of hydrogen-bond acceptors (Lipinski definition) is 3. The first-order chi connectivity index (χ1) is 10.3. The predicted molar refractivity (Wildman–Crippen MR) is 82.8 cm³/mol. The number of fused-ring (bicyclic) bond motifs is 1. The summed E-state index contributed by atoms with van der Waals surface area (Å²) in [6, 6.07) is 10.5. The average Bonchev–Trinajstić information content (AvgIpc) is 2.93. The van der Waals surface area contributed by atoms with Gasteiger partial charge in [-0.25, -0.2) is 4.98 Å². The van der Waals surface area contributed by atoms with Crippen LogP contribution in [-0.4, -0.2) is 14.5 Å². The molecule has 1 atom stereocenters. The monoisotopic (exact) mass is 276 g/mol. The first kappa shape index (κ1) is 12.1. The topological polar surface area (TPSA) is 56.7 Å². The summed E-state index contributed by atoms with van der Waals surface area (Å²) < 4.78 is 2.17. The molecule has 2 aromatic heterocycles. The molecular weight excluding hydrogens is 260 g/mol. The Morgan fingerprint density at radius 2 is 2.05 bits per heavy atom. The van der Waals surface area contributed by atoms with Gasteiger partial charge in [0.25, 0.3) is 0 Å². The number of nitrogens with two attached hydrogens (primary N) is 1. The van der Waals surface area contributed by atoms with E-state index in [1.54, 1.807) is 12.4 Å². The van der Waals surface area contributed by atoms with E-state index in [1.807, 2.05) is 18.6 Å². The maximum absolute atomic E-state index is 6.05. The van der Waals surface area contributed by atoms with Crippen LogP contribution in [0.4, 0.5) is 5.69 Å². The summed E-state index contributed by atoms with van der Waals surface area (Å²) in [6.45, 7) is 0.931. The van der Waals surface area contributed by atoms with Crippen molar-refractivity contribution >= 4 is 5.69 Å². The average molecular weight is 276 g/mol. The summed E-state index contributed by atoms with van der Waals surface area (Å²) in [5.74, 6) is 0.562. The summed E-state index contributed by atoms with van der Waals surface area (Å²) >= 11 is 0. The lowest BCUT2D eigenvalue weighted by Crippen LogP contribution is -2.22. The van der Waals surface area contributed by atoms with Gasteiger partial charge in [-0.2, -0.15) is 0 Å². The highest BCUT2D eigenvalue weighted by molar-refractivity contribution is 5.72. The molecule has 0 saturated carbocycles. The smallest absolute Gasteiger partial charge is 0.0951 e. The molecule has 4 heteroatoms. The Morgan fingerprint density at radius 1 is 1.14 bits per heavy atom. The van der Waals surface area contributed by atoms with Crippen molar-refractivity contribution in [3.05, 3.63) is 66.4 Å². The molecule has 21 heavy (non-hydrogen) atoms. The van der Waals surface area contributed by atoms with E-state index in [9.17, 15) is 0 Å². The van der Waals surface area contributed by atoms with E-state index >= 15 is 0 Å². The minimum Gasteiger partial charge on any atom is -0.398 e. The number of imidazole rings is 1. The van der Waals surface area contributed by atoms with Crippen molar-refractivity contribution in [3.8, 4) is 11.3 Å². The van der Waals surface area contributed by atoms with Gasteiger partial charge in [-0.05, 0) is 23.6 Å². The number of pyridine rings is 1. The Balaban J connectivity index is 1.64. The molecule has 2 heterocycles. The Morgan fingerprint density at radius 3 is 2.90 bits per heavy atom. The van der Waals surface area contributed by atoms with Crippen LogP contribution < -0.4 is 5.73 Å². The Kier molecular flexibility index (Phi) is 2.74. The van der Waals surface area contributed by atoms with Crippen LogP contribution in [0.3, 0.4) is 0 Å². The second-order valence-corrected chi connectivity index (χ2v) is 5.49. The maximum Gasteiger partial charge on any atom is 0.0951 e. The van der Waals surface area contributed by atoms with Crippen molar-refractivity contribution < 1.29 is 0 Å². The van der Waals surface area contributed by atoms with Crippen molar-refractivity contribution in [3.63, 3.8) is 0 Å². The molecule has 104 valence electrons. The number of rotatable bonds is 3. The molecule has 0 amide bonds. The first-order valence-corrected chi connectivity index (χ1v) is 7.10. The van der Waals surface area contributed by atoms with E-state index in [4.69, 9.17) is 5.73 Å². The molecule has 4 rings (SSSR count). The van der Waals surface area contributed by atoms with Crippen LogP contribution in [0.1, 0.15) is 17.0 Å². The SMILES string of the molecule is Nc1ccncc1-c1cncn1CC1Cc2ccccc21. The van der Waals surface area contributed by atoms with Crippen molar-refractivity contribution in [2.45, 2.75) is 18.9 Å². The van der Waals surface area contributed by atoms with Gasteiger partial charge in [0.15, 0.2) is 0 Å². The van der Waals surface area contributed by atoms with E-state index in [-0.39, 0.29) is 0 Å². The van der Waals surface area contributed by atoms with Crippen molar-refractivity contribution in [2.75, 3.05) is 5.73 Å². The zero-order valence-electron chi connectivity index (χ0n) is 11.6. The van der Waals surface area contributed by atoms with Gasteiger partial charge in [0.2, 0.25) is 0 Å². The third-order valence-corrected chi connectivity index (χ3v) is 4.22. The lowest BCUT2D eigenvalue weighted by molar-refractivity contribution is 0.511. The second kappa shape index (κ2) is 4.74. The standard InChI is InChI=1S/C17H16N4/c18-16-5-6-19-8-15(16)17-9-20-11-21(17)10-13-7-12-3-1-2-4-14(12)13/h1-6,8-9,11,13H,7,10H2,(H2,18,19). The van der Waals surface area contributed by atoms with Crippen LogP contribution in [0.25, 0.3) is 11.3 Å². The number of benzene rings is 1. The molecular formula is C17H16N4. The summed E-state index contributed by atoms with van der Waals surface area (Å²) in [4.78, 5) is 8.46. The van der Waals surface area contributed by atoms with Gasteiger partial charge in [0.05, 0.1) is 18.2 Å². The van der Waals surface area contributed by atoms with E-state index in [0.717, 1.165) is 29.9 Å². The number of aromatic nitrogens is 3. The molecule has 2 N–H and O–H groups in total. The van der Waals surface area contributed by atoms with Crippen LogP contribution in [-0.2, 0) is 13.0 Å². The quantitative estimate of drug-likeness (QED) is 0.800. The summed E-state index contributed by atoms with van der Waals surface area (Å²) in [6.07, 6.45) is 8.39. The van der Waals surface area contributed by atoms with E-state index in [0.29, 0.717) is 5.92 Å². The van der Waals surface area contributed by atoms with E-state index in [1.165, 1.54) is 11.1 Å². The number of nitrogen functional groups attached to an aromatic ring is 1. The largest absolute Gasteiger partial charge is 0.398 e. The maximum atomic E-state index is 6.05. The molecule has 0 saturated heterocycles. The normalized spacial score (nSPS) is 16.3. The van der Waals surface area contributed by atoms with Crippen molar-refractivity contribution in [1.29, 1.82) is 0 Å². The molecule has 1 aliphatic rings. The predicted octanol–water partition coefficient (Wildman–Crippen LogP) is 2.87. The summed E-state index contributed by atoms with van der Waals surface area (Å²) in [5, 5.41) is 0. The van der Waals surface area contributed by atoms with Crippen molar-refractivity contribution in [2.24, 2.45) is 0 Å². The Labute approximate surface area is 123 Å². The zero-order chi connectivity index (χ0) is 14.2. The summed E-state index contributed by atoms with van der Waals surface area (Å²) in [5.41, 5.74) is 11.7. The molecule has 1 aromatic carbocycles. The molecule has 4 nitrogen and oxygen atoms in total. The Bertz CT molecular complexity index is 791. The number of hydrogen-bond donors (Lipinski definition) is 1. The van der Waals surface area contributed by atoms with Crippen LogP contribution in [0.5, 0.6) is 0 Å². The fourth-order valence-corrected chi connectivity index (χ4v) is 3.07. The van der Waals surface area contributed by atoms with Gasteiger partial charge in [-0.15, -0.1) is 0 Å². The number of nitrogens with zero attached hydrogens (tertiary/aromatic N) is 3. The highest BCUT2D eigenvalue weighted by atomic mass is 15.1. The van der Waals surface area contributed by atoms with Crippen LogP contribution in [0.15, 0.2) is 55.2 Å². The van der Waals surface area contributed by atoms with Gasteiger partial charge in [-0.3, -0.25) is 4.98 Å². The molecule has 0 aliphatic heterocycles. The molecule has 1 aliphatic carbocycles. The minimum absolute atomic E-state index is 0.562. The molecule has 3 aromatic rings.